The number of methoxy groups -OCH3 is 3. The van der Waals surface area contributed by atoms with Gasteiger partial charge in [-0.1, -0.05) is 0 Å². The highest BCUT2D eigenvalue weighted by Crippen LogP contribution is 2.38. The third kappa shape index (κ3) is 5.15. The van der Waals surface area contributed by atoms with E-state index in [-0.39, 0.29) is 12.4 Å². The summed E-state index contributed by atoms with van der Waals surface area (Å²) in [5.41, 5.74) is 0.372. The van der Waals surface area contributed by atoms with Gasteiger partial charge in [-0.05, 0) is 12.1 Å². The quantitative estimate of drug-likeness (QED) is 0.516. The molecule has 8 heteroatoms. The van der Waals surface area contributed by atoms with Crippen molar-refractivity contribution in [3.63, 3.8) is 0 Å². The van der Waals surface area contributed by atoms with E-state index >= 15 is 0 Å². The first kappa shape index (κ1) is 20.3. The lowest BCUT2D eigenvalue weighted by molar-refractivity contribution is -0.908. The second-order valence-corrected chi connectivity index (χ2v) is 5.16. The van der Waals surface area contributed by atoms with Crippen LogP contribution in [-0.2, 0) is 9.47 Å². The van der Waals surface area contributed by atoms with Gasteiger partial charge in [0.2, 0.25) is 5.75 Å². The summed E-state index contributed by atoms with van der Waals surface area (Å²) < 4.78 is 26.4. The van der Waals surface area contributed by atoms with Crippen LogP contribution in [0.25, 0.3) is 0 Å². The second kappa shape index (κ2) is 10.2. The Morgan fingerprint density at radius 2 is 1.67 bits per heavy atom. The third-order valence-corrected chi connectivity index (χ3v) is 3.79. The van der Waals surface area contributed by atoms with Crippen molar-refractivity contribution in [2.24, 2.45) is 0 Å². The summed E-state index contributed by atoms with van der Waals surface area (Å²) in [5, 5.41) is 0. The van der Waals surface area contributed by atoms with E-state index in [1.54, 1.807) is 12.1 Å². The van der Waals surface area contributed by atoms with Gasteiger partial charge in [-0.3, -0.25) is 0 Å². The van der Waals surface area contributed by atoms with Crippen LogP contribution in [0.4, 0.5) is 0 Å². The van der Waals surface area contributed by atoms with E-state index < -0.39 is 5.97 Å². The standard InChI is InChI=1S/C16H23NO6.ClH/c1-19-13-10-12(11-14(20-2)15(13)21-3)16(18)23-9-6-17-4-7-22-8-5-17;/h10-11H,4-9H2,1-3H3;1H. The molecule has 24 heavy (non-hydrogen) atoms. The van der Waals surface area contributed by atoms with Gasteiger partial charge in [0.25, 0.3) is 0 Å². The Morgan fingerprint density at radius 3 is 2.17 bits per heavy atom. The zero-order valence-corrected chi connectivity index (χ0v) is 15.0. The number of nitrogens with one attached hydrogen (secondary N) is 1. The van der Waals surface area contributed by atoms with Crippen LogP contribution in [0.5, 0.6) is 17.2 Å². The first-order valence-corrected chi connectivity index (χ1v) is 7.58. The average molecular weight is 362 g/mol. The SMILES string of the molecule is COc1cc(C(=O)OCC[NH+]2CCOCC2)cc(OC)c1OC.[Cl-]. The van der Waals surface area contributed by atoms with Crippen LogP contribution in [-0.4, -0.2) is 66.8 Å². The lowest BCUT2D eigenvalue weighted by Crippen LogP contribution is -3.14. The normalized spacial score (nSPS) is 14.5. The lowest BCUT2D eigenvalue weighted by Gasteiger charge is -2.23. The van der Waals surface area contributed by atoms with E-state index in [1.165, 1.54) is 26.2 Å². The number of rotatable bonds is 7. The summed E-state index contributed by atoms with van der Waals surface area (Å²) >= 11 is 0. The molecule has 0 radical (unpaired) electrons. The number of hydrogen-bond donors (Lipinski definition) is 1. The maximum atomic E-state index is 12.2. The predicted octanol–water partition coefficient (Wildman–Crippen LogP) is -3.21. The average Bonchev–Trinajstić information content (AvgIpc) is 2.61. The van der Waals surface area contributed by atoms with Gasteiger partial charge >= 0.3 is 5.97 Å². The summed E-state index contributed by atoms with van der Waals surface area (Å²) in [6.07, 6.45) is 0. The van der Waals surface area contributed by atoms with E-state index in [2.05, 4.69) is 0 Å². The third-order valence-electron chi connectivity index (χ3n) is 3.79. The molecule has 1 aliphatic heterocycles. The molecule has 1 aromatic carbocycles. The minimum atomic E-state index is -0.406. The number of hydrogen-bond acceptors (Lipinski definition) is 6. The predicted molar refractivity (Wildman–Crippen MR) is 82.8 cm³/mol. The summed E-state index contributed by atoms with van der Waals surface area (Å²) in [6, 6.07) is 3.18. The van der Waals surface area contributed by atoms with Crippen molar-refractivity contribution >= 4 is 5.97 Å². The maximum Gasteiger partial charge on any atom is 0.338 e. The number of carbonyl (C=O) groups is 1. The van der Waals surface area contributed by atoms with Crippen molar-refractivity contribution in [1.82, 2.24) is 0 Å². The Bertz CT molecular complexity index is 508. The number of quaternary nitrogens is 1. The Hall–Kier alpha value is -1.70. The van der Waals surface area contributed by atoms with Gasteiger partial charge in [0.05, 0.1) is 40.1 Å². The zero-order valence-electron chi connectivity index (χ0n) is 14.2. The molecule has 0 saturated carbocycles. The minimum absolute atomic E-state index is 0. The van der Waals surface area contributed by atoms with Crippen LogP contribution in [0.15, 0.2) is 12.1 Å². The van der Waals surface area contributed by atoms with E-state index in [4.69, 9.17) is 23.7 Å². The molecule has 0 aliphatic carbocycles. The highest BCUT2D eigenvalue weighted by atomic mass is 35.5. The number of halogens is 1. The molecule has 0 amide bonds. The van der Waals surface area contributed by atoms with E-state index in [0.29, 0.717) is 29.4 Å². The Morgan fingerprint density at radius 1 is 1.08 bits per heavy atom. The van der Waals surface area contributed by atoms with Crippen LogP contribution < -0.4 is 31.5 Å². The highest BCUT2D eigenvalue weighted by molar-refractivity contribution is 5.91. The van der Waals surface area contributed by atoms with Crippen molar-refractivity contribution in [2.75, 3.05) is 60.8 Å². The fourth-order valence-corrected chi connectivity index (χ4v) is 2.48. The van der Waals surface area contributed by atoms with Gasteiger partial charge in [0, 0.05) is 0 Å². The first-order valence-electron chi connectivity index (χ1n) is 7.58. The van der Waals surface area contributed by atoms with Gasteiger partial charge in [-0.25, -0.2) is 4.79 Å². The van der Waals surface area contributed by atoms with Crippen LogP contribution >= 0.6 is 0 Å². The van der Waals surface area contributed by atoms with Crippen molar-refractivity contribution in [3.8, 4) is 17.2 Å². The monoisotopic (exact) mass is 361 g/mol. The smallest absolute Gasteiger partial charge is 0.338 e. The molecular weight excluding hydrogens is 338 g/mol. The van der Waals surface area contributed by atoms with Crippen molar-refractivity contribution in [2.45, 2.75) is 0 Å². The summed E-state index contributed by atoms with van der Waals surface area (Å²) in [5.74, 6) is 0.899. The number of carbonyl (C=O) groups excluding carboxylic acids is 1. The van der Waals surface area contributed by atoms with Gasteiger partial charge < -0.3 is 41.0 Å². The summed E-state index contributed by atoms with van der Waals surface area (Å²) in [6.45, 7) is 4.56. The highest BCUT2D eigenvalue weighted by Gasteiger charge is 2.19. The van der Waals surface area contributed by atoms with E-state index in [1.807, 2.05) is 0 Å². The lowest BCUT2D eigenvalue weighted by atomic mass is 10.2. The van der Waals surface area contributed by atoms with Crippen LogP contribution in [0.3, 0.4) is 0 Å². The fourth-order valence-electron chi connectivity index (χ4n) is 2.48. The van der Waals surface area contributed by atoms with Crippen molar-refractivity contribution < 1.29 is 45.8 Å². The molecule has 0 spiro atoms. The molecule has 0 atom stereocenters. The summed E-state index contributed by atoms with van der Waals surface area (Å²) in [4.78, 5) is 13.6. The fraction of sp³-hybridized carbons (Fsp3) is 0.562. The van der Waals surface area contributed by atoms with Crippen LogP contribution in [0, 0.1) is 0 Å². The van der Waals surface area contributed by atoms with Crippen LogP contribution in [0.1, 0.15) is 10.4 Å². The molecule has 1 N–H and O–H groups in total. The van der Waals surface area contributed by atoms with Gasteiger partial charge in [0.1, 0.15) is 26.2 Å². The molecule has 136 valence electrons. The Balaban J connectivity index is 0.00000288. The molecule has 1 saturated heterocycles. The number of esters is 1. The van der Waals surface area contributed by atoms with E-state index in [0.717, 1.165) is 32.8 Å². The van der Waals surface area contributed by atoms with Gasteiger partial charge in [0.15, 0.2) is 11.5 Å². The Kier molecular flexibility index (Phi) is 8.67. The largest absolute Gasteiger partial charge is 1.00 e. The topological polar surface area (TPSA) is 67.7 Å². The summed E-state index contributed by atoms with van der Waals surface area (Å²) in [7, 11) is 4.53. The zero-order chi connectivity index (χ0) is 16.7. The second-order valence-electron chi connectivity index (χ2n) is 5.16. The molecule has 0 aromatic heterocycles. The van der Waals surface area contributed by atoms with Gasteiger partial charge in [-0.15, -0.1) is 0 Å². The van der Waals surface area contributed by atoms with Crippen LogP contribution in [0.2, 0.25) is 0 Å². The van der Waals surface area contributed by atoms with E-state index in [9.17, 15) is 4.79 Å². The first-order chi connectivity index (χ1) is 11.2. The van der Waals surface area contributed by atoms with Gasteiger partial charge in [-0.2, -0.15) is 0 Å². The van der Waals surface area contributed by atoms with Crippen molar-refractivity contribution in [3.05, 3.63) is 17.7 Å². The molecule has 0 bridgehead atoms. The molecule has 1 aromatic rings. The van der Waals surface area contributed by atoms with Crippen molar-refractivity contribution in [1.29, 1.82) is 0 Å². The molecule has 7 nitrogen and oxygen atoms in total. The molecule has 2 rings (SSSR count). The Labute approximate surface area is 148 Å². The molecular formula is C16H24ClNO6. The minimum Gasteiger partial charge on any atom is -1.00 e. The number of ether oxygens (including phenoxy) is 5. The maximum absolute atomic E-state index is 12.2. The molecule has 1 aliphatic rings. The molecule has 1 heterocycles. The number of morpholine rings is 1. The number of benzene rings is 1. The molecule has 0 unspecified atom stereocenters. The molecule has 1 fully saturated rings.